The predicted molar refractivity (Wildman–Crippen MR) is 130 cm³/mol. The van der Waals surface area contributed by atoms with E-state index in [0.29, 0.717) is 22.6 Å². The summed E-state index contributed by atoms with van der Waals surface area (Å²) in [7, 11) is 0. The van der Waals surface area contributed by atoms with Crippen LogP contribution >= 0.6 is 11.6 Å². The highest BCUT2D eigenvalue weighted by atomic mass is 35.5. The van der Waals surface area contributed by atoms with E-state index in [1.165, 1.54) is 12.4 Å². The number of aryl methyl sites for hydroxylation is 1. The molecule has 0 fully saturated rings. The molecule has 9 heteroatoms. The summed E-state index contributed by atoms with van der Waals surface area (Å²) < 4.78 is 16.7. The van der Waals surface area contributed by atoms with Gasteiger partial charge in [0.2, 0.25) is 0 Å². The zero-order valence-electron chi connectivity index (χ0n) is 19.2. The first-order valence-corrected chi connectivity index (χ1v) is 11.7. The summed E-state index contributed by atoms with van der Waals surface area (Å²) in [6.07, 6.45) is 6.93. The Kier molecular flexibility index (Phi) is 5.50. The SMILES string of the molecule is Cc1ncnc2c1ccn2[C@@H]1C=C(C(C)CC2C=c3nc(N)c(Cl)cc3=C(F)C2)[C@@](C)(O)[C@H]1O. The number of fused-ring (bicyclic) bond motifs is 2. The predicted octanol–water partition coefficient (Wildman–Crippen LogP) is 2.57. The second-order valence-corrected chi connectivity index (χ2v) is 9.99. The molecule has 5 rings (SSSR count). The molecule has 2 unspecified atom stereocenters. The summed E-state index contributed by atoms with van der Waals surface area (Å²) in [5.74, 6) is -0.356. The van der Waals surface area contributed by atoms with Crippen molar-refractivity contribution in [3.8, 4) is 0 Å². The normalized spacial score (nSPS) is 27.4. The average molecular weight is 484 g/mol. The van der Waals surface area contributed by atoms with Gasteiger partial charge < -0.3 is 20.5 Å². The number of aliphatic hydroxyl groups is 2. The molecule has 2 aliphatic carbocycles. The molecule has 5 atom stereocenters. The minimum atomic E-state index is -1.44. The molecule has 0 radical (unpaired) electrons. The van der Waals surface area contributed by atoms with E-state index in [1.54, 1.807) is 6.92 Å². The fraction of sp³-hybridized carbons (Fsp3) is 0.400. The van der Waals surface area contributed by atoms with Crippen LogP contribution in [0.2, 0.25) is 5.02 Å². The maximum atomic E-state index is 14.8. The molecule has 3 aromatic heterocycles. The van der Waals surface area contributed by atoms with Gasteiger partial charge in [-0.25, -0.2) is 19.3 Å². The minimum absolute atomic E-state index is 0.118. The van der Waals surface area contributed by atoms with E-state index in [1.807, 2.05) is 42.8 Å². The molecule has 3 heterocycles. The quantitative estimate of drug-likeness (QED) is 0.492. The number of aliphatic hydroxyl groups excluding tert-OH is 1. The Morgan fingerprint density at radius 2 is 2.12 bits per heavy atom. The Morgan fingerprint density at radius 3 is 2.88 bits per heavy atom. The van der Waals surface area contributed by atoms with Crippen LogP contribution in [0.4, 0.5) is 10.2 Å². The van der Waals surface area contributed by atoms with Crippen LogP contribution in [0, 0.1) is 18.8 Å². The van der Waals surface area contributed by atoms with E-state index < -0.39 is 17.7 Å². The first kappa shape index (κ1) is 23.0. The number of nitrogens with two attached hydrogens (primary N) is 1. The average Bonchev–Trinajstić information content (AvgIpc) is 3.29. The number of anilines is 1. The van der Waals surface area contributed by atoms with Gasteiger partial charge in [0.15, 0.2) is 0 Å². The van der Waals surface area contributed by atoms with Crippen molar-refractivity contribution in [1.29, 1.82) is 0 Å². The number of nitrogens with zero attached hydrogens (tertiary/aromatic N) is 4. The van der Waals surface area contributed by atoms with Crippen molar-refractivity contribution in [1.82, 2.24) is 19.5 Å². The number of pyridine rings is 1. The molecule has 0 amide bonds. The van der Waals surface area contributed by atoms with Crippen molar-refractivity contribution < 1.29 is 14.6 Å². The smallest absolute Gasteiger partial charge is 0.144 e. The Balaban J connectivity index is 1.46. The molecule has 0 saturated carbocycles. The molecule has 34 heavy (non-hydrogen) atoms. The summed E-state index contributed by atoms with van der Waals surface area (Å²) in [5.41, 5.74) is 6.66. The van der Waals surface area contributed by atoms with Crippen LogP contribution in [-0.2, 0) is 0 Å². The number of hydrogen-bond donors (Lipinski definition) is 3. The van der Waals surface area contributed by atoms with Crippen LogP contribution in [-0.4, -0.2) is 41.4 Å². The zero-order chi connectivity index (χ0) is 24.4. The van der Waals surface area contributed by atoms with Crippen molar-refractivity contribution in [3.63, 3.8) is 0 Å². The van der Waals surface area contributed by atoms with Crippen LogP contribution in [0.1, 0.15) is 38.4 Å². The molecule has 0 saturated heterocycles. The minimum Gasteiger partial charge on any atom is -0.387 e. The first-order valence-electron chi connectivity index (χ1n) is 11.3. The number of rotatable bonds is 4. The molecule has 178 valence electrons. The van der Waals surface area contributed by atoms with Gasteiger partial charge in [0.1, 0.15) is 35.3 Å². The lowest BCUT2D eigenvalue weighted by atomic mass is 9.80. The van der Waals surface area contributed by atoms with Gasteiger partial charge in [0, 0.05) is 23.2 Å². The highest BCUT2D eigenvalue weighted by molar-refractivity contribution is 6.32. The molecule has 0 aromatic carbocycles. The van der Waals surface area contributed by atoms with Crippen molar-refractivity contribution in [2.24, 2.45) is 11.8 Å². The maximum Gasteiger partial charge on any atom is 0.144 e. The van der Waals surface area contributed by atoms with E-state index in [-0.39, 0.29) is 34.9 Å². The van der Waals surface area contributed by atoms with E-state index in [2.05, 4.69) is 15.0 Å². The van der Waals surface area contributed by atoms with Crippen molar-refractivity contribution in [3.05, 3.63) is 57.6 Å². The van der Waals surface area contributed by atoms with Gasteiger partial charge in [-0.3, -0.25) is 0 Å². The summed E-state index contributed by atoms with van der Waals surface area (Å²) in [4.78, 5) is 12.9. The monoisotopic (exact) mass is 483 g/mol. The second kappa shape index (κ2) is 8.15. The van der Waals surface area contributed by atoms with Gasteiger partial charge in [-0.15, -0.1) is 0 Å². The van der Waals surface area contributed by atoms with Crippen molar-refractivity contribution in [2.45, 2.75) is 51.4 Å². The van der Waals surface area contributed by atoms with Crippen LogP contribution in [0.3, 0.4) is 0 Å². The van der Waals surface area contributed by atoms with E-state index in [4.69, 9.17) is 17.3 Å². The molecular formula is C25H27ClFN5O2. The van der Waals surface area contributed by atoms with Gasteiger partial charge in [0.25, 0.3) is 0 Å². The van der Waals surface area contributed by atoms with E-state index in [0.717, 1.165) is 16.7 Å². The van der Waals surface area contributed by atoms with Gasteiger partial charge in [0.05, 0.1) is 22.1 Å². The van der Waals surface area contributed by atoms with Gasteiger partial charge >= 0.3 is 0 Å². The molecule has 7 nitrogen and oxygen atoms in total. The Bertz CT molecular complexity index is 1450. The number of nitrogen functional groups attached to an aromatic ring is 1. The third-order valence-corrected chi connectivity index (χ3v) is 7.51. The number of hydrogen-bond acceptors (Lipinski definition) is 6. The highest BCUT2D eigenvalue weighted by Crippen LogP contribution is 2.44. The summed E-state index contributed by atoms with van der Waals surface area (Å²) >= 11 is 6.01. The lowest BCUT2D eigenvalue weighted by Gasteiger charge is -2.32. The fourth-order valence-electron chi connectivity index (χ4n) is 5.40. The summed E-state index contributed by atoms with van der Waals surface area (Å²) in [5, 5.41) is 24.4. The second-order valence-electron chi connectivity index (χ2n) is 9.59. The van der Waals surface area contributed by atoms with Crippen LogP contribution in [0.5, 0.6) is 0 Å². The first-order chi connectivity index (χ1) is 16.1. The number of halogens is 2. The standard InChI is InChI=1S/C25H27ClFN5O2/c1-12(6-14-7-19(27)16-9-18(26)23(28)31-20(16)8-14)17-10-21(22(33)25(17,3)34)32-5-4-15-13(2)29-11-30-24(15)32/h4-5,8-12,14,21-22,33-34H,6-7H2,1-3H3,(H2,28,31)/t12?,14?,21-,22+,25-/m1/s1. The molecule has 0 aliphatic heterocycles. The third-order valence-electron chi connectivity index (χ3n) is 7.21. The van der Waals surface area contributed by atoms with Crippen molar-refractivity contribution in [2.75, 3.05) is 5.73 Å². The Labute approximate surface area is 201 Å². The van der Waals surface area contributed by atoms with Crippen LogP contribution in [0.15, 0.2) is 36.3 Å². The summed E-state index contributed by atoms with van der Waals surface area (Å²) in [6.45, 7) is 5.52. The third kappa shape index (κ3) is 3.61. The molecule has 3 aromatic rings. The van der Waals surface area contributed by atoms with E-state index >= 15 is 0 Å². The van der Waals surface area contributed by atoms with Crippen LogP contribution < -0.4 is 16.3 Å². The van der Waals surface area contributed by atoms with Crippen molar-refractivity contribution >= 4 is 40.4 Å². The Morgan fingerprint density at radius 1 is 1.35 bits per heavy atom. The van der Waals surface area contributed by atoms with Crippen LogP contribution in [0.25, 0.3) is 22.9 Å². The lowest BCUT2D eigenvalue weighted by Crippen LogP contribution is -2.42. The van der Waals surface area contributed by atoms with Gasteiger partial charge in [-0.05, 0) is 49.8 Å². The highest BCUT2D eigenvalue weighted by Gasteiger charge is 2.47. The molecule has 0 bridgehead atoms. The van der Waals surface area contributed by atoms with E-state index in [9.17, 15) is 14.6 Å². The lowest BCUT2D eigenvalue weighted by molar-refractivity contribution is -0.0425. The topological polar surface area (TPSA) is 110 Å². The largest absolute Gasteiger partial charge is 0.387 e. The maximum absolute atomic E-state index is 14.8. The number of aromatic nitrogens is 4. The fourth-order valence-corrected chi connectivity index (χ4v) is 5.55. The summed E-state index contributed by atoms with van der Waals surface area (Å²) in [6, 6.07) is 2.95. The molecular weight excluding hydrogens is 457 g/mol. The Hall–Kier alpha value is -2.81. The molecule has 2 aliphatic rings. The van der Waals surface area contributed by atoms with Gasteiger partial charge in [-0.2, -0.15) is 0 Å². The molecule has 4 N–H and O–H groups in total. The molecule has 0 spiro atoms. The van der Waals surface area contributed by atoms with Gasteiger partial charge in [-0.1, -0.05) is 30.7 Å². The zero-order valence-corrected chi connectivity index (χ0v) is 20.0.